The molecule has 5 heteroatoms. The van der Waals surface area contributed by atoms with Gasteiger partial charge >= 0.3 is 0 Å². The number of pyridine rings is 1. The average molecular weight is 178 g/mol. The Hall–Kier alpha value is -1.49. The van der Waals surface area contributed by atoms with Gasteiger partial charge in [0.25, 0.3) is 0 Å². The fraction of sp³-hybridized carbons (Fsp3) is 0. The van der Waals surface area contributed by atoms with Crippen LogP contribution in [0.4, 0.5) is 5.82 Å². The zero-order valence-corrected chi connectivity index (χ0v) is 6.95. The molecule has 0 amide bonds. The van der Waals surface area contributed by atoms with E-state index in [4.69, 9.17) is 5.73 Å². The summed E-state index contributed by atoms with van der Waals surface area (Å²) in [4.78, 5) is 4.81. The summed E-state index contributed by atoms with van der Waals surface area (Å²) in [5.74, 6) is 0.478. The van der Waals surface area contributed by atoms with Crippen LogP contribution in [-0.2, 0) is 0 Å². The first-order valence-electron chi connectivity index (χ1n) is 3.36. The largest absolute Gasteiger partial charge is 0.381 e. The first kappa shape index (κ1) is 7.17. The van der Waals surface area contributed by atoms with Crippen LogP contribution in [0.2, 0.25) is 0 Å². The highest BCUT2D eigenvalue weighted by Crippen LogP contribution is 2.26. The summed E-state index contributed by atoms with van der Waals surface area (Å²) >= 11 is 1.29. The number of aromatic nitrogens is 3. The molecule has 2 rings (SSSR count). The molecule has 0 unspecified atom stereocenters. The normalized spacial score (nSPS) is 10.0. The number of nitrogen functional groups attached to an aromatic ring is 1. The molecule has 0 aliphatic rings. The van der Waals surface area contributed by atoms with Crippen molar-refractivity contribution < 1.29 is 0 Å². The number of hydrogen-bond acceptors (Lipinski definition) is 5. The Balaban J connectivity index is 2.51. The Bertz CT molecular complexity index is 370. The molecule has 0 fully saturated rings. The van der Waals surface area contributed by atoms with Crippen LogP contribution in [0.3, 0.4) is 0 Å². The molecule has 0 radical (unpaired) electrons. The lowest BCUT2D eigenvalue weighted by Gasteiger charge is -1.93. The van der Waals surface area contributed by atoms with Crippen LogP contribution in [-0.4, -0.2) is 14.6 Å². The Morgan fingerprint density at radius 2 is 2.00 bits per heavy atom. The van der Waals surface area contributed by atoms with Gasteiger partial charge in [-0.2, -0.15) is 0 Å². The van der Waals surface area contributed by atoms with Crippen molar-refractivity contribution in [3.63, 3.8) is 0 Å². The van der Waals surface area contributed by atoms with E-state index in [9.17, 15) is 0 Å². The van der Waals surface area contributed by atoms with Crippen LogP contribution < -0.4 is 5.73 Å². The number of nitrogens with zero attached hydrogens (tertiary/aromatic N) is 3. The summed E-state index contributed by atoms with van der Waals surface area (Å²) < 4.78 is 3.74. The first-order valence-corrected chi connectivity index (χ1v) is 4.13. The zero-order valence-electron chi connectivity index (χ0n) is 6.14. The monoisotopic (exact) mass is 178 g/mol. The lowest BCUT2D eigenvalue weighted by atomic mass is 10.2. The molecule has 60 valence electrons. The van der Waals surface area contributed by atoms with E-state index in [-0.39, 0.29) is 0 Å². The zero-order chi connectivity index (χ0) is 8.39. The van der Waals surface area contributed by atoms with Gasteiger partial charge in [0, 0.05) is 18.0 Å². The molecule has 0 spiro atoms. The minimum absolute atomic E-state index is 0.478. The van der Waals surface area contributed by atoms with Gasteiger partial charge in [-0.15, -0.1) is 5.10 Å². The smallest absolute Gasteiger partial charge is 0.166 e. The van der Waals surface area contributed by atoms with E-state index in [1.807, 2.05) is 12.1 Å². The minimum Gasteiger partial charge on any atom is -0.381 e. The maximum atomic E-state index is 5.59. The summed E-state index contributed by atoms with van der Waals surface area (Å²) in [6.07, 6.45) is 3.43. The summed E-state index contributed by atoms with van der Waals surface area (Å²) in [6.45, 7) is 0. The maximum absolute atomic E-state index is 5.59. The highest BCUT2D eigenvalue weighted by Gasteiger charge is 2.05. The summed E-state index contributed by atoms with van der Waals surface area (Å²) in [5.41, 5.74) is 6.60. The average Bonchev–Trinajstić information content (AvgIpc) is 2.53. The molecule has 0 saturated heterocycles. The number of anilines is 1. The molecule has 0 saturated carbocycles. The van der Waals surface area contributed by atoms with Crippen molar-refractivity contribution in [2.75, 3.05) is 5.73 Å². The highest BCUT2D eigenvalue weighted by atomic mass is 32.1. The number of nitrogens with two attached hydrogens (primary N) is 1. The number of hydrogen-bond donors (Lipinski definition) is 1. The van der Waals surface area contributed by atoms with E-state index in [1.54, 1.807) is 12.4 Å². The van der Waals surface area contributed by atoms with E-state index in [1.165, 1.54) is 11.5 Å². The van der Waals surface area contributed by atoms with Crippen LogP contribution in [0.5, 0.6) is 0 Å². The van der Waals surface area contributed by atoms with Crippen molar-refractivity contribution in [1.29, 1.82) is 0 Å². The maximum Gasteiger partial charge on any atom is 0.166 e. The molecule has 0 atom stereocenters. The van der Waals surface area contributed by atoms with Crippen molar-refractivity contribution in [3.8, 4) is 10.4 Å². The predicted octanol–water partition coefficient (Wildman–Crippen LogP) is 1.18. The molecule has 0 aromatic carbocycles. The molecule has 2 heterocycles. The molecule has 0 aliphatic carbocycles. The Labute approximate surface area is 73.2 Å². The van der Waals surface area contributed by atoms with Crippen LogP contribution >= 0.6 is 11.5 Å². The van der Waals surface area contributed by atoms with Crippen LogP contribution in [0, 0.1) is 0 Å². The molecule has 0 aliphatic heterocycles. The quantitative estimate of drug-likeness (QED) is 0.712. The second-order valence-electron chi connectivity index (χ2n) is 2.22. The third-order valence-corrected chi connectivity index (χ3v) is 2.25. The van der Waals surface area contributed by atoms with E-state index in [2.05, 4.69) is 14.6 Å². The lowest BCUT2D eigenvalue weighted by molar-refractivity contribution is 1.17. The summed E-state index contributed by atoms with van der Waals surface area (Å²) in [7, 11) is 0. The SMILES string of the molecule is Nc1nnsc1-c1ccncc1. The standard InChI is InChI=1S/C7H6N4S/c8-7-6(12-11-10-7)5-1-3-9-4-2-5/h1-4H,8H2. The lowest BCUT2D eigenvalue weighted by Crippen LogP contribution is -1.86. The number of rotatable bonds is 1. The molecule has 4 nitrogen and oxygen atoms in total. The fourth-order valence-electron chi connectivity index (χ4n) is 0.901. The van der Waals surface area contributed by atoms with Gasteiger partial charge in [0.15, 0.2) is 5.82 Å². The van der Waals surface area contributed by atoms with Gasteiger partial charge in [-0.3, -0.25) is 4.98 Å². The third kappa shape index (κ3) is 1.14. The summed E-state index contributed by atoms with van der Waals surface area (Å²) in [6, 6.07) is 3.76. The molecule has 2 aromatic heterocycles. The van der Waals surface area contributed by atoms with Gasteiger partial charge in [-0.1, -0.05) is 4.49 Å². The highest BCUT2D eigenvalue weighted by molar-refractivity contribution is 7.09. The van der Waals surface area contributed by atoms with Gasteiger partial charge in [-0.25, -0.2) is 0 Å². The van der Waals surface area contributed by atoms with Crippen molar-refractivity contribution >= 4 is 17.4 Å². The van der Waals surface area contributed by atoms with Gasteiger partial charge in [0.1, 0.15) is 0 Å². The van der Waals surface area contributed by atoms with Gasteiger partial charge in [0.2, 0.25) is 0 Å². The molecule has 12 heavy (non-hydrogen) atoms. The van der Waals surface area contributed by atoms with Crippen molar-refractivity contribution in [2.24, 2.45) is 0 Å². The Morgan fingerprint density at radius 3 is 2.58 bits per heavy atom. The van der Waals surface area contributed by atoms with Crippen molar-refractivity contribution in [2.45, 2.75) is 0 Å². The van der Waals surface area contributed by atoms with Crippen LogP contribution in [0.1, 0.15) is 0 Å². The Kier molecular flexibility index (Phi) is 1.71. The van der Waals surface area contributed by atoms with E-state index < -0.39 is 0 Å². The Morgan fingerprint density at radius 1 is 1.25 bits per heavy atom. The van der Waals surface area contributed by atoms with E-state index in [0.29, 0.717) is 5.82 Å². The topological polar surface area (TPSA) is 64.7 Å². The van der Waals surface area contributed by atoms with Crippen molar-refractivity contribution in [3.05, 3.63) is 24.5 Å². The second kappa shape index (κ2) is 2.86. The molecule has 2 N–H and O–H groups in total. The third-order valence-electron chi connectivity index (χ3n) is 1.46. The summed E-state index contributed by atoms with van der Waals surface area (Å²) in [5, 5.41) is 3.72. The van der Waals surface area contributed by atoms with Crippen LogP contribution in [0.15, 0.2) is 24.5 Å². The van der Waals surface area contributed by atoms with Gasteiger partial charge in [-0.05, 0) is 23.7 Å². The van der Waals surface area contributed by atoms with Gasteiger partial charge in [0.05, 0.1) is 4.88 Å². The van der Waals surface area contributed by atoms with E-state index >= 15 is 0 Å². The molecule has 0 bridgehead atoms. The van der Waals surface area contributed by atoms with Gasteiger partial charge < -0.3 is 5.73 Å². The minimum atomic E-state index is 0.478. The van der Waals surface area contributed by atoms with E-state index in [0.717, 1.165) is 10.4 Å². The first-order chi connectivity index (χ1) is 5.88. The molecule has 2 aromatic rings. The van der Waals surface area contributed by atoms with Crippen molar-refractivity contribution in [1.82, 2.24) is 14.6 Å². The second-order valence-corrected chi connectivity index (χ2v) is 2.98. The fourth-order valence-corrected chi connectivity index (χ4v) is 1.49. The molecular weight excluding hydrogens is 172 g/mol. The molecular formula is C7H6N4S. The predicted molar refractivity (Wildman–Crippen MR) is 47.6 cm³/mol. The van der Waals surface area contributed by atoms with Crippen LogP contribution in [0.25, 0.3) is 10.4 Å².